The Labute approximate surface area is 323 Å². The second-order valence-corrected chi connectivity index (χ2v) is 14.2. The number of nitrogens with two attached hydrogens (primary N) is 3. The van der Waals surface area contributed by atoms with Crippen molar-refractivity contribution in [2.75, 3.05) is 19.6 Å². The highest BCUT2D eigenvalue weighted by atomic mass is 19.4. The number of hydrogen-bond acceptors (Lipinski definition) is 9. The molecule has 0 bridgehead atoms. The number of alkyl halides is 3. The van der Waals surface area contributed by atoms with E-state index in [-0.39, 0.29) is 57.0 Å². The molecule has 1 fully saturated rings. The number of carboxylic acid groups (broad SMARTS) is 2. The van der Waals surface area contributed by atoms with Crippen LogP contribution in [0.15, 0.2) is 60.7 Å². The molecule has 0 spiro atoms. The minimum Gasteiger partial charge on any atom is -0.480 e. The largest absolute Gasteiger partial charge is 0.490 e. The molecule has 18 heteroatoms. The Kier molecular flexibility index (Phi) is 18.9. The number of carbonyl (C=O) groups excluding carboxylic acids is 4. The molecule has 15 nitrogen and oxygen atoms in total. The normalized spacial score (nSPS) is 15.9. The van der Waals surface area contributed by atoms with E-state index in [1.165, 1.54) is 4.90 Å². The first-order valence-electron chi connectivity index (χ1n) is 18.3. The van der Waals surface area contributed by atoms with Crippen LogP contribution in [0.5, 0.6) is 0 Å². The molecule has 11 N–H and O–H groups in total. The van der Waals surface area contributed by atoms with Crippen LogP contribution >= 0.6 is 0 Å². The first kappa shape index (κ1) is 47.1. The summed E-state index contributed by atoms with van der Waals surface area (Å²) in [5.41, 5.74) is 18.2. The van der Waals surface area contributed by atoms with Crippen LogP contribution in [0.3, 0.4) is 0 Å². The van der Waals surface area contributed by atoms with Gasteiger partial charge < -0.3 is 48.3 Å². The Balaban J connectivity index is 0.00000141. The van der Waals surface area contributed by atoms with E-state index in [1.54, 1.807) is 0 Å². The maximum Gasteiger partial charge on any atom is 0.490 e. The molecule has 4 amide bonds. The van der Waals surface area contributed by atoms with Gasteiger partial charge in [0.25, 0.3) is 0 Å². The number of aliphatic carboxylic acids is 2. The van der Waals surface area contributed by atoms with Crippen LogP contribution in [0.25, 0.3) is 0 Å². The highest BCUT2D eigenvalue weighted by Gasteiger charge is 2.41. The second kappa shape index (κ2) is 22.5. The van der Waals surface area contributed by atoms with E-state index in [9.17, 15) is 42.3 Å². The standard InChI is InChI=1S/C36H53N7O6.C2HF3O2/c1-24(2)21-29(32(45)40-28(15-9-10-18-37)34(47)43-19-16-36(39,17-20-43)35(48)49)42-33(46)30(23-26-13-7-4-8-14-26)41-31(44)27(38)22-25-11-5-3-6-12-25;3-2(4,5)1(6)7/h3-8,11-14,24,27-30H,9-10,15-23,37-39H2,1-2H3,(H,40,45)(H,41,44)(H,42,46)(H,48,49);(H,6,7)/t27-,28-,29+,30-;/m1./s1. The predicted molar refractivity (Wildman–Crippen MR) is 200 cm³/mol. The fourth-order valence-electron chi connectivity index (χ4n) is 5.86. The van der Waals surface area contributed by atoms with Gasteiger partial charge >= 0.3 is 18.1 Å². The van der Waals surface area contributed by atoms with Gasteiger partial charge in [0.05, 0.1) is 6.04 Å². The number of amides is 4. The highest BCUT2D eigenvalue weighted by molar-refractivity contribution is 5.95. The number of piperidine rings is 1. The van der Waals surface area contributed by atoms with Gasteiger partial charge in [-0.3, -0.25) is 24.0 Å². The number of carboxylic acids is 2. The van der Waals surface area contributed by atoms with Gasteiger partial charge in [-0.25, -0.2) is 4.79 Å². The van der Waals surface area contributed by atoms with Gasteiger partial charge in [0, 0.05) is 19.5 Å². The van der Waals surface area contributed by atoms with Crippen molar-refractivity contribution in [2.45, 2.75) is 101 Å². The summed E-state index contributed by atoms with van der Waals surface area (Å²) < 4.78 is 31.7. The molecule has 0 saturated carbocycles. The molecular formula is C38H54F3N7O8. The molecule has 0 aliphatic carbocycles. The molecule has 2 aromatic carbocycles. The van der Waals surface area contributed by atoms with E-state index in [0.29, 0.717) is 25.8 Å². The molecule has 4 atom stereocenters. The Morgan fingerprint density at radius 2 is 1.23 bits per heavy atom. The van der Waals surface area contributed by atoms with E-state index in [2.05, 4.69) is 16.0 Å². The second-order valence-electron chi connectivity index (χ2n) is 14.2. The topological polar surface area (TPSA) is 260 Å². The molecule has 2 aromatic rings. The first-order chi connectivity index (χ1) is 26.3. The molecule has 0 aromatic heterocycles. The molecular weight excluding hydrogens is 739 g/mol. The zero-order chi connectivity index (χ0) is 42.1. The average molecular weight is 794 g/mol. The van der Waals surface area contributed by atoms with Gasteiger partial charge in [-0.05, 0) is 68.5 Å². The number of benzene rings is 2. The van der Waals surface area contributed by atoms with Crippen LogP contribution in [0.2, 0.25) is 0 Å². The number of halogens is 3. The SMILES string of the molecule is CC(C)C[C@H](NC(=O)[C@@H](Cc1ccccc1)NC(=O)[C@H](N)Cc1ccccc1)C(=O)N[C@H](CCCCN)C(=O)N1CCC(N)(C(=O)O)CC1.O=C(O)C(F)(F)F. The van der Waals surface area contributed by atoms with Crippen molar-refractivity contribution in [3.8, 4) is 0 Å². The lowest BCUT2D eigenvalue weighted by atomic mass is 9.88. The number of unbranched alkanes of at least 4 members (excludes halogenated alkanes) is 1. The summed E-state index contributed by atoms with van der Waals surface area (Å²) in [6.07, 6.45) is -2.64. The zero-order valence-electron chi connectivity index (χ0n) is 31.6. The first-order valence-corrected chi connectivity index (χ1v) is 18.3. The van der Waals surface area contributed by atoms with Crippen LogP contribution in [-0.4, -0.2) is 106 Å². The quantitative estimate of drug-likeness (QED) is 0.100. The van der Waals surface area contributed by atoms with Gasteiger partial charge in [-0.15, -0.1) is 0 Å². The summed E-state index contributed by atoms with van der Waals surface area (Å²) in [5, 5.41) is 25.1. The third-order valence-corrected chi connectivity index (χ3v) is 9.09. The van der Waals surface area contributed by atoms with Crippen molar-refractivity contribution >= 4 is 35.6 Å². The molecule has 3 rings (SSSR count). The van der Waals surface area contributed by atoms with Gasteiger partial charge in [0.1, 0.15) is 23.7 Å². The summed E-state index contributed by atoms with van der Waals surface area (Å²) in [7, 11) is 0. The molecule has 0 radical (unpaired) electrons. The van der Waals surface area contributed by atoms with Gasteiger partial charge in [-0.2, -0.15) is 13.2 Å². The lowest BCUT2D eigenvalue weighted by Gasteiger charge is -2.38. The average Bonchev–Trinajstić information content (AvgIpc) is 3.14. The van der Waals surface area contributed by atoms with Crippen molar-refractivity contribution in [1.29, 1.82) is 0 Å². The molecule has 1 aliphatic heterocycles. The number of carbonyl (C=O) groups is 6. The van der Waals surface area contributed by atoms with Crippen LogP contribution < -0.4 is 33.2 Å². The molecule has 56 heavy (non-hydrogen) atoms. The van der Waals surface area contributed by atoms with Crippen molar-refractivity contribution < 1.29 is 52.2 Å². The third kappa shape index (κ3) is 16.0. The van der Waals surface area contributed by atoms with Gasteiger partial charge in [-0.1, -0.05) is 74.5 Å². The summed E-state index contributed by atoms with van der Waals surface area (Å²) in [4.78, 5) is 76.6. The van der Waals surface area contributed by atoms with Gasteiger partial charge in [0.15, 0.2) is 0 Å². The van der Waals surface area contributed by atoms with Gasteiger partial charge in [0.2, 0.25) is 23.6 Å². The van der Waals surface area contributed by atoms with Crippen LogP contribution in [0, 0.1) is 5.92 Å². The summed E-state index contributed by atoms with van der Waals surface area (Å²) in [6, 6.07) is 14.7. The predicted octanol–water partition coefficient (Wildman–Crippen LogP) is 1.47. The maximum absolute atomic E-state index is 13.9. The summed E-state index contributed by atoms with van der Waals surface area (Å²) >= 11 is 0. The van der Waals surface area contributed by atoms with E-state index in [4.69, 9.17) is 27.1 Å². The third-order valence-electron chi connectivity index (χ3n) is 9.09. The van der Waals surface area contributed by atoms with Crippen molar-refractivity contribution in [3.05, 3.63) is 71.8 Å². The van der Waals surface area contributed by atoms with Crippen molar-refractivity contribution in [2.24, 2.45) is 23.1 Å². The van der Waals surface area contributed by atoms with E-state index in [0.717, 1.165) is 11.1 Å². The smallest absolute Gasteiger partial charge is 0.480 e. The van der Waals surface area contributed by atoms with Crippen LogP contribution in [0.1, 0.15) is 63.5 Å². The van der Waals surface area contributed by atoms with E-state index >= 15 is 0 Å². The number of likely N-dealkylation sites (tertiary alicyclic amines) is 1. The lowest BCUT2D eigenvalue weighted by molar-refractivity contribution is -0.192. The number of nitrogens with one attached hydrogen (secondary N) is 3. The number of nitrogens with zero attached hydrogens (tertiary/aromatic N) is 1. The Hall–Kier alpha value is -5.07. The minimum absolute atomic E-state index is 0.000286. The minimum atomic E-state index is -5.08. The Bertz CT molecular complexity index is 1590. The maximum atomic E-state index is 13.9. The van der Waals surface area contributed by atoms with E-state index in [1.807, 2.05) is 74.5 Å². The fourth-order valence-corrected chi connectivity index (χ4v) is 5.86. The monoisotopic (exact) mass is 793 g/mol. The van der Waals surface area contributed by atoms with Crippen molar-refractivity contribution in [3.63, 3.8) is 0 Å². The van der Waals surface area contributed by atoms with E-state index < -0.39 is 65.5 Å². The number of rotatable bonds is 18. The molecule has 310 valence electrons. The zero-order valence-corrected chi connectivity index (χ0v) is 31.6. The van der Waals surface area contributed by atoms with Crippen LogP contribution in [-0.2, 0) is 41.6 Å². The number of hydrogen-bond donors (Lipinski definition) is 8. The fraction of sp³-hybridized carbons (Fsp3) is 0.526. The Morgan fingerprint density at radius 3 is 1.70 bits per heavy atom. The summed E-state index contributed by atoms with van der Waals surface area (Å²) in [5.74, 6) is -5.79. The van der Waals surface area contributed by atoms with Crippen LogP contribution in [0.4, 0.5) is 13.2 Å². The molecule has 1 heterocycles. The lowest BCUT2D eigenvalue weighted by Crippen LogP contribution is -2.60. The molecule has 1 aliphatic rings. The van der Waals surface area contributed by atoms with Crippen molar-refractivity contribution in [1.82, 2.24) is 20.9 Å². The Morgan fingerprint density at radius 1 is 0.768 bits per heavy atom. The summed E-state index contributed by atoms with van der Waals surface area (Å²) in [6.45, 7) is 4.53. The molecule has 0 unspecified atom stereocenters. The highest BCUT2D eigenvalue weighted by Crippen LogP contribution is 2.21. The molecule has 1 saturated heterocycles.